The van der Waals surface area contributed by atoms with Gasteiger partial charge in [0.2, 0.25) is 0 Å². The molecule has 1 aromatic rings. The minimum absolute atomic E-state index is 0.227. The maximum Gasteiger partial charge on any atom is 0.342 e. The Balaban J connectivity index is 3.90. The summed E-state index contributed by atoms with van der Waals surface area (Å²) in [7, 11) is 0. The molecule has 6 nitrogen and oxygen atoms in total. The van der Waals surface area contributed by atoms with Gasteiger partial charge in [0.05, 0.1) is 11.1 Å². The second-order valence-corrected chi connectivity index (χ2v) is 7.30. The van der Waals surface area contributed by atoms with Crippen LogP contribution in [0.4, 0.5) is 0 Å². The molecule has 1 rings (SSSR count). The fourth-order valence-corrected chi connectivity index (χ4v) is 4.66. The quantitative estimate of drug-likeness (QED) is 0.424. The lowest BCUT2D eigenvalue weighted by molar-refractivity contribution is 0.0694. The maximum atomic E-state index is 11.1. The minimum atomic E-state index is -4.22. The number of rotatable bonds is 3. The zero-order valence-electron chi connectivity index (χ0n) is 7.74. The zero-order valence-corrected chi connectivity index (χ0v) is 14.2. The molecule has 0 amide bonds. The maximum absolute atomic E-state index is 11.1. The van der Waals surface area contributed by atoms with Gasteiger partial charge in [0.25, 0.3) is 0 Å². The van der Waals surface area contributed by atoms with Gasteiger partial charge in [-0.1, -0.05) is 0 Å². The van der Waals surface area contributed by atoms with E-state index in [1.54, 1.807) is 45.2 Å². The summed E-state index contributed by atoms with van der Waals surface area (Å²) < 4.78 is 22.3. The molecule has 0 heterocycles. The van der Waals surface area contributed by atoms with E-state index in [1.165, 1.54) is 0 Å². The van der Waals surface area contributed by atoms with Crippen LogP contribution in [-0.2, 0) is 6.14 Å². The van der Waals surface area contributed by atoms with E-state index in [9.17, 15) is 15.7 Å². The van der Waals surface area contributed by atoms with Gasteiger partial charge in [-0.15, -0.1) is 0 Å². The first kappa shape index (κ1) is 15.0. The van der Waals surface area contributed by atoms with Crippen molar-refractivity contribution in [3.8, 4) is 0 Å². The molecule has 0 atom stereocenters. The molecule has 0 unspecified atom stereocenters. The van der Waals surface area contributed by atoms with E-state index in [0.717, 1.165) is 6.07 Å². The molecule has 92 valence electrons. The van der Waals surface area contributed by atoms with Gasteiger partial charge in [-0.05, 0) is 51.2 Å². The van der Waals surface area contributed by atoms with E-state index in [2.05, 4.69) is 0 Å². The Bertz CT molecular complexity index is 581. The summed E-state index contributed by atoms with van der Waals surface area (Å²) in [6.07, 6.45) is 0. The number of benzene rings is 1. The Hall–Kier alpha value is -0.0500. The molecular weight excluding hydrogens is 573 g/mol. The summed E-state index contributed by atoms with van der Waals surface area (Å²) in [5, 5.41) is 17.9. The van der Waals surface area contributed by atoms with Crippen LogP contribution in [0, 0.1) is 10.7 Å². The third-order valence-corrected chi connectivity index (χ3v) is 6.76. The highest BCUT2D eigenvalue weighted by atomic mass is 127. The molecule has 0 saturated carbocycles. The van der Waals surface area contributed by atoms with Crippen molar-refractivity contribution in [3.05, 3.63) is 27.9 Å². The first-order valence-electron chi connectivity index (χ1n) is 3.81. The van der Waals surface area contributed by atoms with Crippen LogP contribution in [0.5, 0.6) is 0 Å². The van der Waals surface area contributed by atoms with Crippen LogP contribution >= 0.6 is 65.0 Å². The third-order valence-electron chi connectivity index (χ3n) is 1.75. The molecule has 0 aliphatic heterocycles. The molecule has 0 aliphatic rings. The minimum Gasteiger partial charge on any atom is -0.478 e. The fourth-order valence-electron chi connectivity index (χ4n) is 1.11. The smallest absolute Gasteiger partial charge is 0.342 e. The normalized spacial score (nSPS) is 10.5. The number of aromatic carboxylic acids is 2. The van der Waals surface area contributed by atoms with Gasteiger partial charge in [0.15, 0.2) is 0 Å². The average molecular weight is 576 g/mol. The van der Waals surface area contributed by atoms with E-state index >= 15 is 0 Å². The lowest BCUT2D eigenvalue weighted by Crippen LogP contribution is -2.11. The molecule has 0 aromatic heterocycles. The second-order valence-electron chi connectivity index (χ2n) is 2.74. The molecule has 9 heteroatoms. The molecule has 0 bridgehead atoms. The lowest BCUT2D eigenvalue weighted by Gasteiger charge is -2.07. The van der Waals surface area contributed by atoms with E-state index in [1.807, 2.05) is 0 Å². The van der Waals surface area contributed by atoms with E-state index in [0.29, 0.717) is 3.57 Å². The van der Waals surface area contributed by atoms with E-state index in [-0.39, 0.29) is 3.57 Å². The molecule has 0 fully saturated rings. The first-order valence-corrected chi connectivity index (χ1v) is 8.81. The topological polar surface area (TPSA) is 109 Å². The molecule has 0 saturated heterocycles. The van der Waals surface area contributed by atoms with Crippen LogP contribution < -0.4 is 0 Å². The van der Waals surface area contributed by atoms with Crippen LogP contribution in [0.2, 0.25) is 0 Å². The van der Waals surface area contributed by atoms with E-state index in [4.69, 9.17) is 10.2 Å². The molecule has 2 N–H and O–H groups in total. The number of carboxylic acids is 2. The van der Waals surface area contributed by atoms with E-state index < -0.39 is 46.4 Å². The SMILES string of the molecule is O=C(O)c1cc(I)c(I)c(C(=O)O)c1I(=O)=O. The molecule has 17 heavy (non-hydrogen) atoms. The Morgan fingerprint density at radius 1 is 1.12 bits per heavy atom. The Morgan fingerprint density at radius 2 is 1.65 bits per heavy atom. The van der Waals surface area contributed by atoms with Gasteiger partial charge in [-0.2, -0.15) is 0 Å². The summed E-state index contributed by atoms with van der Waals surface area (Å²) in [4.78, 5) is 21.9. The molecule has 0 spiro atoms. The number of hydrogen-bond acceptors (Lipinski definition) is 4. The van der Waals surface area contributed by atoms with Crippen molar-refractivity contribution in [2.75, 3.05) is 0 Å². The number of halogens is 3. The van der Waals surface area contributed by atoms with Gasteiger partial charge < -0.3 is 10.2 Å². The predicted octanol–water partition coefficient (Wildman–Crippen LogP) is 2.66. The Morgan fingerprint density at radius 3 is 2.00 bits per heavy atom. The van der Waals surface area contributed by atoms with Gasteiger partial charge in [0.1, 0.15) is 3.57 Å². The van der Waals surface area contributed by atoms with Crippen molar-refractivity contribution in [2.24, 2.45) is 0 Å². The first-order chi connectivity index (χ1) is 7.77. The van der Waals surface area contributed by atoms with Crippen molar-refractivity contribution in [2.45, 2.75) is 0 Å². The number of carboxylic acid groups (broad SMARTS) is 2. The number of carbonyl (C=O) groups is 2. The molecule has 0 aliphatic carbocycles. The summed E-state index contributed by atoms with van der Waals surface area (Å²) >= 11 is -0.769. The highest BCUT2D eigenvalue weighted by Crippen LogP contribution is 2.32. The van der Waals surface area contributed by atoms with Crippen LogP contribution in [0.1, 0.15) is 20.7 Å². The van der Waals surface area contributed by atoms with Crippen molar-refractivity contribution < 1.29 is 25.9 Å². The third kappa shape index (κ3) is 3.04. The van der Waals surface area contributed by atoms with Crippen LogP contribution in [0.15, 0.2) is 6.07 Å². The zero-order chi connectivity index (χ0) is 13.3. The van der Waals surface area contributed by atoms with Crippen molar-refractivity contribution in [1.82, 2.24) is 0 Å². The predicted molar refractivity (Wildman–Crippen MR) is 79.9 cm³/mol. The highest BCUT2D eigenvalue weighted by molar-refractivity contribution is 14.2. The van der Waals surface area contributed by atoms with Gasteiger partial charge >= 0.3 is 31.7 Å². The highest BCUT2D eigenvalue weighted by Gasteiger charge is 2.27. The van der Waals surface area contributed by atoms with Crippen LogP contribution in [0.25, 0.3) is 0 Å². The lowest BCUT2D eigenvalue weighted by atomic mass is 10.1. The summed E-state index contributed by atoms with van der Waals surface area (Å²) in [5.41, 5.74) is -0.937. The summed E-state index contributed by atoms with van der Waals surface area (Å²) in [6.45, 7) is 0. The Labute approximate surface area is 129 Å². The fraction of sp³-hybridized carbons (Fsp3) is 0. The van der Waals surface area contributed by atoms with Gasteiger partial charge in [-0.25, -0.2) is 15.7 Å². The Kier molecular flexibility index (Phi) is 5.06. The molecule has 1 aromatic carbocycles. The summed E-state index contributed by atoms with van der Waals surface area (Å²) in [5.74, 6) is -2.90. The molecular formula is C8H3I3O6. The monoisotopic (exact) mass is 576 g/mol. The summed E-state index contributed by atoms with van der Waals surface area (Å²) in [6, 6.07) is 1.16. The van der Waals surface area contributed by atoms with Crippen molar-refractivity contribution in [3.63, 3.8) is 0 Å². The largest absolute Gasteiger partial charge is 0.478 e. The van der Waals surface area contributed by atoms with Crippen LogP contribution in [0.3, 0.4) is 0 Å². The standard InChI is InChI=1S/C8H3I3O6/c9-3-1-2(7(12)13)6(11(16)17)4(5(3)10)8(14)15/h1H,(H,12,13)(H,14,15). The second kappa shape index (κ2) is 5.73. The van der Waals surface area contributed by atoms with Crippen molar-refractivity contribution in [1.29, 1.82) is 0 Å². The van der Waals surface area contributed by atoms with Gasteiger partial charge in [0, 0.05) is 7.14 Å². The average Bonchev–Trinajstić information content (AvgIpc) is 2.19. The van der Waals surface area contributed by atoms with Crippen molar-refractivity contribution >= 4 is 76.9 Å². The molecule has 0 radical (unpaired) electrons. The van der Waals surface area contributed by atoms with Gasteiger partial charge in [-0.3, -0.25) is 0 Å². The van der Waals surface area contributed by atoms with Crippen LogP contribution in [-0.4, -0.2) is 22.2 Å². The number of hydrogen-bond donors (Lipinski definition) is 2.